The van der Waals surface area contributed by atoms with E-state index in [0.29, 0.717) is 5.69 Å². The highest BCUT2D eigenvalue weighted by molar-refractivity contribution is 5.86. The molecule has 4 aromatic rings. The second kappa shape index (κ2) is 7.03. The number of anilines is 1. The van der Waals surface area contributed by atoms with Gasteiger partial charge in [-0.25, -0.2) is 4.98 Å². The fourth-order valence-electron chi connectivity index (χ4n) is 3.53. The van der Waals surface area contributed by atoms with Gasteiger partial charge < -0.3 is 10.3 Å². The molecule has 0 bridgehead atoms. The van der Waals surface area contributed by atoms with Gasteiger partial charge in [-0.15, -0.1) is 0 Å². The van der Waals surface area contributed by atoms with E-state index in [4.69, 9.17) is 0 Å². The predicted octanol–water partition coefficient (Wildman–Crippen LogP) is 5.51. The molecule has 0 saturated carbocycles. The van der Waals surface area contributed by atoms with Gasteiger partial charge in [-0.3, -0.25) is 0 Å². The largest absolute Gasteiger partial charge is 0.416 e. The number of nitrogens with one attached hydrogen (secondary N) is 3. The minimum absolute atomic E-state index is 0.322. The molecule has 28 heavy (non-hydrogen) atoms. The average molecular weight is 382 g/mol. The van der Waals surface area contributed by atoms with Gasteiger partial charge in [-0.2, -0.15) is 13.2 Å². The normalized spacial score (nSPS) is 12.9. The lowest BCUT2D eigenvalue weighted by Crippen LogP contribution is -2.16. The van der Waals surface area contributed by atoms with Crippen LogP contribution in [0.5, 0.6) is 0 Å². The number of halogens is 3. The first-order valence-corrected chi connectivity index (χ1v) is 8.90. The highest BCUT2D eigenvalue weighted by Gasteiger charge is 2.31. The number of benzene rings is 2. The highest BCUT2D eigenvalue weighted by atomic mass is 19.4. The summed E-state index contributed by atoms with van der Waals surface area (Å²) in [6, 6.07) is 16.7. The first-order chi connectivity index (χ1) is 13.4. The predicted molar refractivity (Wildman–Crippen MR) is 103 cm³/mol. The van der Waals surface area contributed by atoms with E-state index >= 15 is 0 Å². The molecule has 3 N–H and O–H groups in total. The first-order valence-electron chi connectivity index (χ1n) is 8.90. The van der Waals surface area contributed by atoms with Crippen molar-refractivity contribution in [3.63, 3.8) is 0 Å². The number of aromatic amines is 2. The Hall–Kier alpha value is -3.28. The summed E-state index contributed by atoms with van der Waals surface area (Å²) in [5.74, 6) is 0. The summed E-state index contributed by atoms with van der Waals surface area (Å²) in [5.41, 5.74) is 3.63. The van der Waals surface area contributed by atoms with Gasteiger partial charge in [0, 0.05) is 39.5 Å². The standard InChI is InChI=1S/C22H18F3N3/c1-14-20(18-9-2-3-10-19(18)27-14)21(15-6-5-11-26-13-15)28-17-8-4-7-16(12-17)22(23,24)25/h2-13,21,27-28H,1H3/p+1. The molecule has 0 radical (unpaired) electrons. The Labute approximate surface area is 160 Å². The van der Waals surface area contributed by atoms with Crippen LogP contribution in [0.4, 0.5) is 18.9 Å². The van der Waals surface area contributed by atoms with E-state index in [1.165, 1.54) is 6.07 Å². The molecular weight excluding hydrogens is 363 g/mol. The molecule has 6 heteroatoms. The summed E-state index contributed by atoms with van der Waals surface area (Å²) in [7, 11) is 0. The first kappa shape index (κ1) is 18.1. The van der Waals surface area contributed by atoms with Gasteiger partial charge in [-0.1, -0.05) is 24.3 Å². The zero-order valence-electron chi connectivity index (χ0n) is 15.1. The van der Waals surface area contributed by atoms with E-state index in [0.717, 1.165) is 39.9 Å². The lowest BCUT2D eigenvalue weighted by atomic mass is 9.96. The SMILES string of the molecule is Cc1[nH]c2ccccc2c1C(Nc1cccc(C(F)(F)F)c1)c1ccc[nH+]c1. The Morgan fingerprint density at radius 3 is 2.57 bits per heavy atom. The third-order valence-electron chi connectivity index (χ3n) is 4.80. The fourth-order valence-corrected chi connectivity index (χ4v) is 3.53. The van der Waals surface area contributed by atoms with Crippen LogP contribution in [0.25, 0.3) is 10.9 Å². The van der Waals surface area contributed by atoms with E-state index in [-0.39, 0.29) is 6.04 Å². The molecule has 1 atom stereocenters. The van der Waals surface area contributed by atoms with Gasteiger partial charge >= 0.3 is 6.18 Å². The number of hydrogen-bond donors (Lipinski definition) is 2. The summed E-state index contributed by atoms with van der Waals surface area (Å²) in [6.45, 7) is 1.98. The Balaban J connectivity index is 1.83. The third kappa shape index (κ3) is 3.45. The van der Waals surface area contributed by atoms with Crippen molar-refractivity contribution in [3.8, 4) is 0 Å². The molecule has 1 unspecified atom stereocenters. The summed E-state index contributed by atoms with van der Waals surface area (Å²) in [4.78, 5) is 6.43. The number of alkyl halides is 3. The fraction of sp³-hybridized carbons (Fsp3) is 0.136. The molecule has 0 spiro atoms. The van der Waals surface area contributed by atoms with E-state index in [9.17, 15) is 13.2 Å². The van der Waals surface area contributed by atoms with Crippen LogP contribution in [-0.4, -0.2) is 4.98 Å². The summed E-state index contributed by atoms with van der Waals surface area (Å²) < 4.78 is 39.4. The van der Waals surface area contributed by atoms with E-state index in [1.807, 2.05) is 49.5 Å². The van der Waals surface area contributed by atoms with Crippen molar-refractivity contribution >= 4 is 16.6 Å². The lowest BCUT2D eigenvalue weighted by molar-refractivity contribution is -0.378. The molecule has 2 aromatic heterocycles. The quantitative estimate of drug-likeness (QED) is 0.480. The summed E-state index contributed by atoms with van der Waals surface area (Å²) in [5, 5.41) is 4.34. The molecule has 0 aliphatic heterocycles. The van der Waals surface area contributed by atoms with Crippen LogP contribution in [0.3, 0.4) is 0 Å². The van der Waals surface area contributed by atoms with Crippen LogP contribution >= 0.6 is 0 Å². The van der Waals surface area contributed by atoms with Crippen molar-refractivity contribution in [2.45, 2.75) is 19.1 Å². The molecule has 0 saturated heterocycles. The molecule has 2 heterocycles. The lowest BCUT2D eigenvalue weighted by Gasteiger charge is -2.21. The third-order valence-corrected chi connectivity index (χ3v) is 4.80. The van der Waals surface area contributed by atoms with Crippen LogP contribution in [0, 0.1) is 6.92 Å². The maximum absolute atomic E-state index is 13.1. The Bertz CT molecular complexity index is 1100. The number of H-pyrrole nitrogens is 2. The Morgan fingerprint density at radius 1 is 1.00 bits per heavy atom. The molecule has 0 fully saturated rings. The second-order valence-corrected chi connectivity index (χ2v) is 6.70. The van der Waals surface area contributed by atoms with Gasteiger partial charge in [0.25, 0.3) is 0 Å². The Kier molecular flexibility index (Phi) is 4.55. The average Bonchev–Trinajstić information content (AvgIpc) is 3.02. The zero-order valence-corrected chi connectivity index (χ0v) is 15.1. The second-order valence-electron chi connectivity index (χ2n) is 6.70. The van der Waals surface area contributed by atoms with E-state index in [2.05, 4.69) is 15.3 Å². The molecule has 2 aromatic carbocycles. The van der Waals surface area contributed by atoms with Gasteiger partial charge in [0.15, 0.2) is 12.4 Å². The van der Waals surface area contributed by atoms with Gasteiger partial charge in [-0.05, 0) is 37.3 Å². The maximum atomic E-state index is 13.1. The number of para-hydroxylation sites is 1. The van der Waals surface area contributed by atoms with Crippen molar-refractivity contribution in [3.05, 3.63) is 95.4 Å². The van der Waals surface area contributed by atoms with Crippen molar-refractivity contribution in [1.82, 2.24) is 4.98 Å². The molecular formula is C22H19F3N3+. The van der Waals surface area contributed by atoms with Crippen LogP contribution in [0.15, 0.2) is 73.1 Å². The number of hydrogen-bond acceptors (Lipinski definition) is 1. The molecule has 142 valence electrons. The molecule has 3 nitrogen and oxygen atoms in total. The maximum Gasteiger partial charge on any atom is 0.416 e. The van der Waals surface area contributed by atoms with E-state index < -0.39 is 11.7 Å². The van der Waals surface area contributed by atoms with Crippen LogP contribution in [-0.2, 0) is 6.18 Å². The van der Waals surface area contributed by atoms with Crippen molar-refractivity contribution in [2.24, 2.45) is 0 Å². The summed E-state index contributed by atoms with van der Waals surface area (Å²) >= 11 is 0. The van der Waals surface area contributed by atoms with Crippen LogP contribution in [0.1, 0.15) is 28.4 Å². The zero-order chi connectivity index (χ0) is 19.7. The van der Waals surface area contributed by atoms with Gasteiger partial charge in [0.2, 0.25) is 0 Å². The number of fused-ring (bicyclic) bond motifs is 1. The Morgan fingerprint density at radius 2 is 1.82 bits per heavy atom. The van der Waals surface area contributed by atoms with Crippen molar-refractivity contribution in [1.29, 1.82) is 0 Å². The van der Waals surface area contributed by atoms with Gasteiger partial charge in [0.1, 0.15) is 0 Å². The number of pyridine rings is 1. The summed E-state index contributed by atoms with van der Waals surface area (Å²) in [6.07, 6.45) is -0.732. The van der Waals surface area contributed by atoms with Crippen molar-refractivity contribution < 1.29 is 18.2 Å². The minimum Gasteiger partial charge on any atom is -0.374 e. The monoisotopic (exact) mass is 382 g/mol. The van der Waals surface area contributed by atoms with Gasteiger partial charge in [0.05, 0.1) is 11.6 Å². The molecule has 4 rings (SSSR count). The van der Waals surface area contributed by atoms with Crippen molar-refractivity contribution in [2.75, 3.05) is 5.32 Å². The smallest absolute Gasteiger partial charge is 0.374 e. The molecule has 0 aliphatic carbocycles. The van der Waals surface area contributed by atoms with Crippen LogP contribution < -0.4 is 10.3 Å². The molecule has 0 aliphatic rings. The van der Waals surface area contributed by atoms with Crippen LogP contribution in [0.2, 0.25) is 0 Å². The number of aryl methyl sites for hydroxylation is 1. The van der Waals surface area contributed by atoms with E-state index in [1.54, 1.807) is 12.3 Å². The topological polar surface area (TPSA) is 42.0 Å². The number of aromatic nitrogens is 2. The minimum atomic E-state index is -4.38. The molecule has 0 amide bonds. The number of rotatable bonds is 4. The highest BCUT2D eigenvalue weighted by Crippen LogP contribution is 2.36.